The zero-order chi connectivity index (χ0) is 13.0. The predicted octanol–water partition coefficient (Wildman–Crippen LogP) is 1.43. The summed E-state index contributed by atoms with van der Waals surface area (Å²) in [4.78, 5) is 6.50. The van der Waals surface area contributed by atoms with Gasteiger partial charge in [0.25, 0.3) is 0 Å². The molecule has 0 unspecified atom stereocenters. The van der Waals surface area contributed by atoms with Crippen molar-refractivity contribution in [3.05, 3.63) is 35.5 Å². The Morgan fingerprint density at radius 1 is 1.56 bits per heavy atom. The average molecular weight is 243 g/mol. The van der Waals surface area contributed by atoms with E-state index in [2.05, 4.69) is 17.6 Å². The van der Waals surface area contributed by atoms with Crippen molar-refractivity contribution in [1.82, 2.24) is 4.98 Å². The molecule has 1 aliphatic carbocycles. The molecule has 0 spiro atoms. The van der Waals surface area contributed by atoms with Gasteiger partial charge in [0.05, 0.1) is 12.2 Å². The maximum absolute atomic E-state index is 9.23. The Hall–Kier alpha value is -1.86. The summed E-state index contributed by atoms with van der Waals surface area (Å²) in [6, 6.07) is 4.15. The Balaban J connectivity index is 2.41. The average Bonchev–Trinajstić information content (AvgIpc) is 2.84. The molecule has 0 saturated carbocycles. The van der Waals surface area contributed by atoms with Crippen molar-refractivity contribution in [2.75, 3.05) is 24.6 Å². The summed E-state index contributed by atoms with van der Waals surface area (Å²) in [6.07, 6.45) is 4.86. The molecule has 0 aliphatic heterocycles. The number of aryl methyl sites for hydroxylation is 2. The first-order chi connectivity index (χ1) is 8.80. The molecule has 0 saturated heterocycles. The van der Waals surface area contributed by atoms with Gasteiger partial charge >= 0.3 is 0 Å². The van der Waals surface area contributed by atoms with Crippen LogP contribution in [0.2, 0.25) is 0 Å². The second kappa shape index (κ2) is 5.65. The molecule has 1 aromatic heterocycles. The third-order valence-electron chi connectivity index (χ3n) is 3.17. The van der Waals surface area contributed by atoms with E-state index in [-0.39, 0.29) is 6.61 Å². The lowest BCUT2D eigenvalue weighted by atomic mass is 10.1. The van der Waals surface area contributed by atoms with Gasteiger partial charge in [0, 0.05) is 18.8 Å². The van der Waals surface area contributed by atoms with Crippen molar-refractivity contribution in [1.29, 1.82) is 5.26 Å². The highest BCUT2D eigenvalue weighted by Crippen LogP contribution is 2.26. The number of hydrogen-bond donors (Lipinski definition) is 1. The molecule has 18 heavy (non-hydrogen) atoms. The van der Waals surface area contributed by atoms with Crippen molar-refractivity contribution in [3.8, 4) is 6.07 Å². The minimum absolute atomic E-state index is 0.0392. The first kappa shape index (κ1) is 12.6. The molecule has 1 aromatic rings. The summed E-state index contributed by atoms with van der Waals surface area (Å²) >= 11 is 0. The number of anilines is 1. The molecule has 0 radical (unpaired) electrons. The summed E-state index contributed by atoms with van der Waals surface area (Å²) in [6.45, 7) is 4.79. The molecular weight excluding hydrogens is 226 g/mol. The smallest absolute Gasteiger partial charge is 0.147 e. The van der Waals surface area contributed by atoms with Crippen molar-refractivity contribution in [2.45, 2.75) is 19.3 Å². The van der Waals surface area contributed by atoms with Crippen LogP contribution in [0.25, 0.3) is 0 Å². The van der Waals surface area contributed by atoms with E-state index in [0.717, 1.165) is 25.0 Å². The van der Waals surface area contributed by atoms with Gasteiger partial charge in [-0.15, -0.1) is 6.58 Å². The molecule has 1 N–H and O–H groups in total. The Labute approximate surface area is 107 Å². The summed E-state index contributed by atoms with van der Waals surface area (Å²) in [5.74, 6) is 0.673. The van der Waals surface area contributed by atoms with Crippen LogP contribution in [0.1, 0.15) is 23.2 Å². The number of aliphatic hydroxyl groups excluding tert-OH is 1. The largest absolute Gasteiger partial charge is 0.395 e. The van der Waals surface area contributed by atoms with Crippen LogP contribution >= 0.6 is 0 Å². The highest BCUT2D eigenvalue weighted by molar-refractivity contribution is 5.57. The first-order valence-electron chi connectivity index (χ1n) is 6.19. The van der Waals surface area contributed by atoms with Gasteiger partial charge in [-0.25, -0.2) is 4.98 Å². The van der Waals surface area contributed by atoms with Crippen LogP contribution in [0.3, 0.4) is 0 Å². The van der Waals surface area contributed by atoms with Gasteiger partial charge in [-0.1, -0.05) is 6.08 Å². The number of pyridine rings is 1. The number of hydrogen-bond acceptors (Lipinski definition) is 4. The number of nitriles is 1. The fraction of sp³-hybridized carbons (Fsp3) is 0.429. The first-order valence-corrected chi connectivity index (χ1v) is 6.19. The van der Waals surface area contributed by atoms with Crippen molar-refractivity contribution in [2.24, 2.45) is 0 Å². The maximum atomic E-state index is 9.23. The lowest BCUT2D eigenvalue weighted by Crippen LogP contribution is -2.28. The molecule has 0 bridgehead atoms. The minimum Gasteiger partial charge on any atom is -0.395 e. The van der Waals surface area contributed by atoms with Crippen LogP contribution in [0.15, 0.2) is 18.7 Å². The van der Waals surface area contributed by atoms with Gasteiger partial charge in [-0.05, 0) is 30.9 Å². The van der Waals surface area contributed by atoms with Crippen LogP contribution in [0, 0.1) is 11.3 Å². The second-order valence-corrected chi connectivity index (χ2v) is 4.39. The molecule has 4 heteroatoms. The number of rotatable bonds is 5. The monoisotopic (exact) mass is 243 g/mol. The predicted molar refractivity (Wildman–Crippen MR) is 70.5 cm³/mol. The summed E-state index contributed by atoms with van der Waals surface area (Å²) in [7, 11) is 0. The normalized spacial score (nSPS) is 12.9. The Bertz CT molecular complexity index is 491. The van der Waals surface area contributed by atoms with Gasteiger partial charge in [-0.3, -0.25) is 0 Å². The number of fused-ring (bicyclic) bond motifs is 1. The highest BCUT2D eigenvalue weighted by Gasteiger charge is 2.19. The van der Waals surface area contributed by atoms with Crippen LogP contribution in [0.4, 0.5) is 5.82 Å². The van der Waals surface area contributed by atoms with Gasteiger partial charge in [0.1, 0.15) is 11.9 Å². The highest BCUT2D eigenvalue weighted by atomic mass is 16.3. The molecule has 0 aromatic carbocycles. The van der Waals surface area contributed by atoms with Gasteiger partial charge < -0.3 is 10.0 Å². The van der Waals surface area contributed by atoms with E-state index in [1.165, 1.54) is 5.56 Å². The second-order valence-electron chi connectivity index (χ2n) is 4.39. The maximum Gasteiger partial charge on any atom is 0.147 e. The van der Waals surface area contributed by atoms with E-state index in [1.54, 1.807) is 6.08 Å². The van der Waals surface area contributed by atoms with E-state index in [1.807, 2.05) is 11.0 Å². The van der Waals surface area contributed by atoms with Gasteiger partial charge in [0.15, 0.2) is 0 Å². The minimum atomic E-state index is 0.0392. The van der Waals surface area contributed by atoms with E-state index < -0.39 is 0 Å². The van der Waals surface area contributed by atoms with Gasteiger partial charge in [0.2, 0.25) is 0 Å². The van der Waals surface area contributed by atoms with E-state index in [0.29, 0.717) is 24.5 Å². The third kappa shape index (κ3) is 2.36. The number of aliphatic hydroxyl groups is 1. The van der Waals surface area contributed by atoms with Crippen molar-refractivity contribution < 1.29 is 5.11 Å². The summed E-state index contributed by atoms with van der Waals surface area (Å²) < 4.78 is 0. The van der Waals surface area contributed by atoms with Crippen LogP contribution in [-0.4, -0.2) is 29.8 Å². The van der Waals surface area contributed by atoms with E-state index in [4.69, 9.17) is 5.11 Å². The van der Waals surface area contributed by atoms with Gasteiger partial charge in [-0.2, -0.15) is 5.26 Å². The quantitative estimate of drug-likeness (QED) is 0.795. The Morgan fingerprint density at radius 3 is 3.06 bits per heavy atom. The molecule has 4 nitrogen and oxygen atoms in total. The van der Waals surface area contributed by atoms with Crippen molar-refractivity contribution in [3.63, 3.8) is 0 Å². The van der Waals surface area contributed by atoms with Crippen molar-refractivity contribution >= 4 is 5.82 Å². The van der Waals surface area contributed by atoms with E-state index in [9.17, 15) is 5.26 Å². The molecular formula is C14H17N3O. The Morgan fingerprint density at radius 2 is 2.39 bits per heavy atom. The molecule has 1 aliphatic rings. The van der Waals surface area contributed by atoms with Crippen LogP contribution < -0.4 is 4.90 Å². The Kier molecular flexibility index (Phi) is 3.96. The van der Waals surface area contributed by atoms with E-state index >= 15 is 0 Å². The standard InChI is InChI=1S/C14H17N3O/c1-2-6-17(7-8-18)14-12(10-15)9-11-4-3-5-13(11)16-14/h2,9,18H,1,3-8H2. The molecule has 2 rings (SSSR count). The SMILES string of the molecule is C=CCN(CCO)c1nc2c(cc1C#N)CCC2. The fourth-order valence-corrected chi connectivity index (χ4v) is 2.34. The molecule has 94 valence electrons. The lowest BCUT2D eigenvalue weighted by Gasteiger charge is -2.22. The zero-order valence-electron chi connectivity index (χ0n) is 10.4. The lowest BCUT2D eigenvalue weighted by molar-refractivity contribution is 0.302. The summed E-state index contributed by atoms with van der Waals surface area (Å²) in [5.41, 5.74) is 2.87. The number of nitrogens with zero attached hydrogens (tertiary/aromatic N) is 3. The third-order valence-corrected chi connectivity index (χ3v) is 3.17. The molecule has 0 atom stereocenters. The summed E-state index contributed by atoms with van der Waals surface area (Å²) in [5, 5.41) is 18.3. The molecule has 1 heterocycles. The van der Waals surface area contributed by atoms with Crippen LogP contribution in [0.5, 0.6) is 0 Å². The molecule has 0 amide bonds. The van der Waals surface area contributed by atoms with Crippen LogP contribution in [-0.2, 0) is 12.8 Å². The topological polar surface area (TPSA) is 60.1 Å². The molecule has 0 fully saturated rings. The zero-order valence-corrected chi connectivity index (χ0v) is 10.4. The fourth-order valence-electron chi connectivity index (χ4n) is 2.34. The number of aromatic nitrogens is 1.